The Labute approximate surface area is 134 Å². The number of carbonyl (C=O) groups excluding carboxylic acids is 1. The first-order valence-electron chi connectivity index (χ1n) is 7.17. The summed E-state index contributed by atoms with van der Waals surface area (Å²) >= 11 is 0. The van der Waals surface area contributed by atoms with Crippen LogP contribution < -0.4 is 4.74 Å². The lowest BCUT2D eigenvalue weighted by Crippen LogP contribution is -2.09. The summed E-state index contributed by atoms with van der Waals surface area (Å²) < 4.78 is 15.7. The van der Waals surface area contributed by atoms with E-state index in [9.17, 15) is 9.90 Å². The molecule has 0 radical (unpaired) electrons. The molecule has 1 N–H and O–H groups in total. The summed E-state index contributed by atoms with van der Waals surface area (Å²) in [4.78, 5) is 16.5. The molecule has 0 aliphatic rings. The van der Waals surface area contributed by atoms with Crippen LogP contribution in [0.4, 0.5) is 0 Å². The van der Waals surface area contributed by atoms with Gasteiger partial charge in [-0.25, -0.2) is 9.78 Å². The molecule has 0 aliphatic carbocycles. The van der Waals surface area contributed by atoms with Crippen molar-refractivity contribution < 1.29 is 23.8 Å². The van der Waals surface area contributed by atoms with Gasteiger partial charge in [-0.15, -0.1) is 0 Å². The molecule has 1 aromatic carbocycles. The normalized spacial score (nSPS) is 11.8. The van der Waals surface area contributed by atoms with Crippen molar-refractivity contribution in [1.82, 2.24) is 4.98 Å². The molecule has 0 saturated heterocycles. The first kappa shape index (κ1) is 16.6. The molecule has 0 fully saturated rings. The lowest BCUT2D eigenvalue weighted by Gasteiger charge is -2.08. The number of hydrogen-bond donors (Lipinski definition) is 1. The number of rotatable bonds is 5. The van der Waals surface area contributed by atoms with Gasteiger partial charge < -0.3 is 19.0 Å². The second-order valence-corrected chi connectivity index (χ2v) is 4.82. The van der Waals surface area contributed by atoms with Gasteiger partial charge in [-0.05, 0) is 38.1 Å². The van der Waals surface area contributed by atoms with E-state index in [1.165, 1.54) is 6.92 Å². The van der Waals surface area contributed by atoms with Crippen molar-refractivity contribution in [2.24, 2.45) is 0 Å². The molecule has 0 atom stereocenters. The van der Waals surface area contributed by atoms with Crippen molar-refractivity contribution >= 4 is 11.5 Å². The van der Waals surface area contributed by atoms with Gasteiger partial charge >= 0.3 is 5.97 Å². The molecule has 0 unspecified atom stereocenters. The van der Waals surface area contributed by atoms with Crippen LogP contribution in [-0.2, 0) is 9.53 Å². The van der Waals surface area contributed by atoms with E-state index in [2.05, 4.69) is 4.98 Å². The molecule has 2 aromatic rings. The number of nitrogens with zero attached hydrogens (tertiary/aromatic N) is 1. The Morgan fingerprint density at radius 2 is 1.96 bits per heavy atom. The molecule has 0 amide bonds. The number of benzene rings is 1. The van der Waals surface area contributed by atoms with Crippen LogP contribution in [0, 0.1) is 6.92 Å². The third-order valence-corrected chi connectivity index (χ3v) is 3.17. The van der Waals surface area contributed by atoms with Crippen LogP contribution in [0.25, 0.3) is 16.8 Å². The van der Waals surface area contributed by atoms with Crippen LogP contribution in [0.2, 0.25) is 0 Å². The Morgan fingerprint density at radius 1 is 1.30 bits per heavy atom. The van der Waals surface area contributed by atoms with Gasteiger partial charge in [0.1, 0.15) is 22.8 Å². The molecular formula is C17H19NO5. The highest BCUT2D eigenvalue weighted by molar-refractivity contribution is 6.17. The first-order chi connectivity index (χ1) is 11.0. The zero-order chi connectivity index (χ0) is 17.0. The van der Waals surface area contributed by atoms with Crippen LogP contribution in [0.3, 0.4) is 0 Å². The van der Waals surface area contributed by atoms with Crippen molar-refractivity contribution in [3.63, 3.8) is 0 Å². The van der Waals surface area contributed by atoms with Gasteiger partial charge in [-0.2, -0.15) is 0 Å². The Bertz CT molecular complexity index is 724. The number of oxazole rings is 1. The number of aliphatic hydroxyl groups is 1. The lowest BCUT2D eigenvalue weighted by atomic mass is 10.1. The third kappa shape index (κ3) is 3.53. The quantitative estimate of drug-likeness (QED) is 0.516. The molecule has 23 heavy (non-hydrogen) atoms. The number of hydrogen-bond acceptors (Lipinski definition) is 6. The second-order valence-electron chi connectivity index (χ2n) is 4.82. The molecule has 6 nitrogen and oxygen atoms in total. The number of aliphatic hydroxyl groups excluding tert-OH is 1. The maximum atomic E-state index is 12.1. The van der Waals surface area contributed by atoms with E-state index >= 15 is 0 Å². The molecular weight excluding hydrogens is 298 g/mol. The van der Waals surface area contributed by atoms with Crippen molar-refractivity contribution in [1.29, 1.82) is 0 Å². The zero-order valence-electron chi connectivity index (χ0n) is 13.5. The van der Waals surface area contributed by atoms with Gasteiger partial charge in [0.25, 0.3) is 0 Å². The molecule has 122 valence electrons. The molecule has 2 rings (SSSR count). The van der Waals surface area contributed by atoms with E-state index < -0.39 is 5.97 Å². The maximum absolute atomic E-state index is 12.1. The largest absolute Gasteiger partial charge is 0.512 e. The van der Waals surface area contributed by atoms with Crippen LogP contribution in [0.1, 0.15) is 25.5 Å². The zero-order valence-corrected chi connectivity index (χ0v) is 13.5. The third-order valence-electron chi connectivity index (χ3n) is 3.17. The van der Waals surface area contributed by atoms with E-state index in [0.29, 0.717) is 17.3 Å². The summed E-state index contributed by atoms with van der Waals surface area (Å²) in [5.41, 5.74) is 1.17. The van der Waals surface area contributed by atoms with E-state index in [0.717, 1.165) is 5.56 Å². The molecule has 0 bridgehead atoms. The van der Waals surface area contributed by atoms with Crippen molar-refractivity contribution in [2.45, 2.75) is 20.8 Å². The second kappa shape index (κ2) is 7.00. The Kier molecular flexibility index (Phi) is 5.05. The van der Waals surface area contributed by atoms with Gasteiger partial charge in [0, 0.05) is 12.5 Å². The minimum absolute atomic E-state index is 0.0294. The van der Waals surface area contributed by atoms with Crippen molar-refractivity contribution in [2.75, 3.05) is 13.7 Å². The lowest BCUT2D eigenvalue weighted by molar-refractivity contribution is -0.136. The SMILES string of the molecule is CCOC(=O)/C(=C(/C)O)c1oc(C)nc1-c1ccc(OC)cc1. The standard InChI is InChI=1S/C17H19NO5/c1-5-22-17(20)14(10(2)19)16-15(18-11(3)23-16)12-6-8-13(21-4)9-7-12/h6-9,19H,5H2,1-4H3/b14-10-. The summed E-state index contributed by atoms with van der Waals surface area (Å²) in [5.74, 6) is 0.433. The van der Waals surface area contributed by atoms with Gasteiger partial charge in [0.05, 0.1) is 13.7 Å². The minimum atomic E-state index is -0.654. The number of esters is 1. The van der Waals surface area contributed by atoms with Crippen LogP contribution >= 0.6 is 0 Å². The van der Waals surface area contributed by atoms with E-state index in [1.54, 1.807) is 45.2 Å². The Hall–Kier alpha value is -2.76. The molecule has 0 saturated carbocycles. The highest BCUT2D eigenvalue weighted by Gasteiger charge is 2.26. The smallest absolute Gasteiger partial charge is 0.345 e. The minimum Gasteiger partial charge on any atom is -0.512 e. The Balaban J connectivity index is 2.55. The molecule has 6 heteroatoms. The maximum Gasteiger partial charge on any atom is 0.345 e. The van der Waals surface area contributed by atoms with Gasteiger partial charge in [-0.1, -0.05) is 0 Å². The van der Waals surface area contributed by atoms with Gasteiger partial charge in [0.15, 0.2) is 11.7 Å². The highest BCUT2D eigenvalue weighted by atomic mass is 16.5. The number of ether oxygens (including phenoxy) is 2. The predicted molar refractivity (Wildman–Crippen MR) is 85.1 cm³/mol. The highest BCUT2D eigenvalue weighted by Crippen LogP contribution is 2.32. The van der Waals surface area contributed by atoms with E-state index in [4.69, 9.17) is 13.9 Å². The monoisotopic (exact) mass is 317 g/mol. The number of aryl methyl sites for hydroxylation is 1. The number of carbonyl (C=O) groups is 1. The number of methoxy groups -OCH3 is 1. The van der Waals surface area contributed by atoms with Crippen LogP contribution in [0.15, 0.2) is 34.4 Å². The summed E-state index contributed by atoms with van der Waals surface area (Å²) in [6.45, 7) is 4.97. The molecule has 1 aromatic heterocycles. The predicted octanol–water partition coefficient (Wildman–Crippen LogP) is 3.51. The fraction of sp³-hybridized carbons (Fsp3) is 0.294. The average Bonchev–Trinajstić information content (AvgIpc) is 2.89. The fourth-order valence-electron chi connectivity index (χ4n) is 2.15. The van der Waals surface area contributed by atoms with Crippen LogP contribution in [0.5, 0.6) is 5.75 Å². The molecule has 0 aliphatic heterocycles. The fourth-order valence-corrected chi connectivity index (χ4v) is 2.15. The molecule has 1 heterocycles. The van der Waals surface area contributed by atoms with Crippen molar-refractivity contribution in [3.8, 4) is 17.0 Å². The van der Waals surface area contributed by atoms with E-state index in [-0.39, 0.29) is 23.7 Å². The topological polar surface area (TPSA) is 81.8 Å². The molecule has 0 spiro atoms. The number of aromatic nitrogens is 1. The summed E-state index contributed by atoms with van der Waals surface area (Å²) in [6, 6.07) is 7.16. The van der Waals surface area contributed by atoms with Gasteiger partial charge in [-0.3, -0.25) is 0 Å². The average molecular weight is 317 g/mol. The number of allylic oxidation sites excluding steroid dienone is 1. The van der Waals surface area contributed by atoms with E-state index in [1.807, 2.05) is 0 Å². The van der Waals surface area contributed by atoms with Gasteiger partial charge in [0.2, 0.25) is 0 Å². The van der Waals surface area contributed by atoms with Crippen molar-refractivity contribution in [3.05, 3.63) is 41.7 Å². The summed E-state index contributed by atoms with van der Waals surface area (Å²) in [5, 5.41) is 9.90. The summed E-state index contributed by atoms with van der Waals surface area (Å²) in [7, 11) is 1.58. The summed E-state index contributed by atoms with van der Waals surface area (Å²) in [6.07, 6.45) is 0. The first-order valence-corrected chi connectivity index (χ1v) is 7.17. The van der Waals surface area contributed by atoms with Crippen LogP contribution in [-0.4, -0.2) is 29.8 Å². The Morgan fingerprint density at radius 3 is 2.48 bits per heavy atom.